The van der Waals surface area contributed by atoms with Crippen molar-refractivity contribution in [3.05, 3.63) is 85.3 Å². The molecule has 0 aliphatic carbocycles. The second-order valence-corrected chi connectivity index (χ2v) is 4.31. The Morgan fingerprint density at radius 3 is 1.27 bits per heavy atom. The van der Waals surface area contributed by atoms with Crippen molar-refractivity contribution < 1.29 is 35.3 Å². The quantitative estimate of drug-likeness (QED) is 0.526. The third-order valence-corrected chi connectivity index (χ3v) is 2.74. The first-order valence-corrected chi connectivity index (χ1v) is 6.58. The Labute approximate surface area is 144 Å². The lowest BCUT2D eigenvalue weighted by molar-refractivity contribution is -0.969. The van der Waals surface area contributed by atoms with Crippen LogP contribution in [-0.4, -0.2) is 35.6 Å². The molecule has 0 fully saturated rings. The van der Waals surface area contributed by atoms with E-state index in [2.05, 4.69) is 19.6 Å². The van der Waals surface area contributed by atoms with Crippen LogP contribution in [0.2, 0.25) is 0 Å². The molecule has 0 aliphatic rings. The molecule has 2 atom stereocenters. The minimum absolute atomic E-state index is 0.315. The molecule has 14 nitrogen and oxygen atoms in total. The number of hydrogen-bond acceptors (Lipinski definition) is 9. The van der Waals surface area contributed by atoms with Crippen LogP contribution in [0.15, 0.2) is 49.1 Å². The summed E-state index contributed by atoms with van der Waals surface area (Å²) in [7, 11) is 0. The molecule has 0 saturated heterocycles. The highest BCUT2D eigenvalue weighted by Gasteiger charge is 2.31. The number of rotatable bonds is 7. The largest absolute Gasteiger partial charge is 0.472 e. The fourth-order valence-electron chi connectivity index (χ4n) is 1.87. The smallest absolute Gasteiger partial charge is 0.303 e. The number of pyridine rings is 2. The van der Waals surface area contributed by atoms with Crippen molar-refractivity contribution >= 4 is 0 Å². The van der Waals surface area contributed by atoms with E-state index in [1.165, 1.54) is 49.1 Å². The molecule has 26 heavy (non-hydrogen) atoms. The van der Waals surface area contributed by atoms with Gasteiger partial charge in [-0.2, -0.15) is 0 Å². The Hall–Kier alpha value is -4.10. The van der Waals surface area contributed by atoms with Crippen LogP contribution in [0.4, 0.5) is 0 Å². The minimum atomic E-state index is -1.33. The lowest BCUT2D eigenvalue weighted by atomic mass is 10.00. The molecule has 0 aliphatic heterocycles. The summed E-state index contributed by atoms with van der Waals surface area (Å²) in [6.07, 6.45) is 2.91. The highest BCUT2D eigenvalue weighted by atomic mass is 17.0. The van der Waals surface area contributed by atoms with E-state index in [9.17, 15) is 20.2 Å². The predicted octanol–water partition coefficient (Wildman–Crippen LogP) is 1.22. The molecule has 0 radical (unpaired) electrons. The van der Waals surface area contributed by atoms with Gasteiger partial charge in [-0.3, -0.25) is 9.97 Å². The second-order valence-electron chi connectivity index (χ2n) is 4.31. The highest BCUT2D eigenvalue weighted by Crippen LogP contribution is 2.34. The summed E-state index contributed by atoms with van der Waals surface area (Å²) in [6, 6.07) is 5.80. The Morgan fingerprint density at radius 2 is 1.04 bits per heavy atom. The van der Waals surface area contributed by atoms with Crippen molar-refractivity contribution in [3.8, 4) is 0 Å². The van der Waals surface area contributed by atoms with Crippen LogP contribution in [0.5, 0.6) is 0 Å². The Balaban J connectivity index is 0.000000765. The van der Waals surface area contributed by atoms with Crippen molar-refractivity contribution in [2.24, 2.45) is 0 Å². The van der Waals surface area contributed by atoms with Crippen LogP contribution in [-0.2, 0) is 9.68 Å². The van der Waals surface area contributed by atoms with Gasteiger partial charge in [-0.15, -0.1) is 20.2 Å². The predicted molar refractivity (Wildman–Crippen MR) is 77.3 cm³/mol. The molecular formula is C12H12N5O9+. The molecule has 0 bridgehead atoms. The zero-order valence-corrected chi connectivity index (χ0v) is 12.8. The molecule has 14 heteroatoms. The summed E-state index contributed by atoms with van der Waals surface area (Å²) >= 11 is 0. The first kappa shape index (κ1) is 19.9. The highest BCUT2D eigenvalue weighted by molar-refractivity contribution is 5.22. The summed E-state index contributed by atoms with van der Waals surface area (Å²) in [5, 5.41) is 31.9. The van der Waals surface area contributed by atoms with Crippen LogP contribution in [0.3, 0.4) is 0 Å². The molecule has 138 valence electrons. The maximum absolute atomic E-state index is 10.7. The molecule has 2 aromatic heterocycles. The van der Waals surface area contributed by atoms with Crippen LogP contribution in [0.1, 0.15) is 23.3 Å². The lowest BCUT2D eigenvalue weighted by Crippen LogP contribution is -2.22. The second kappa shape index (κ2) is 9.91. The van der Waals surface area contributed by atoms with E-state index in [1.807, 2.05) is 0 Å². The van der Waals surface area contributed by atoms with Gasteiger partial charge < -0.3 is 9.68 Å². The van der Waals surface area contributed by atoms with Gasteiger partial charge in [-0.1, -0.05) is 0 Å². The average molecular weight is 370 g/mol. The van der Waals surface area contributed by atoms with Crippen LogP contribution >= 0.6 is 0 Å². The number of nitrogens with zero attached hydrogens (tertiary/aromatic N) is 5. The molecule has 2 unspecified atom stereocenters. The zero-order valence-electron chi connectivity index (χ0n) is 12.8. The SMILES string of the molecule is O=[N+](O)O.O=[N+]([O-])OC(c1ccncc1)C(O[N+](=O)[O-])c1ccncc1. The van der Waals surface area contributed by atoms with Gasteiger partial charge in [0, 0.05) is 24.8 Å². The van der Waals surface area contributed by atoms with Gasteiger partial charge in [0.25, 0.3) is 10.2 Å². The summed E-state index contributed by atoms with van der Waals surface area (Å²) in [4.78, 5) is 46.7. The first-order valence-electron chi connectivity index (χ1n) is 6.58. The van der Waals surface area contributed by atoms with Crippen molar-refractivity contribution in [2.45, 2.75) is 12.2 Å². The molecule has 0 spiro atoms. The number of aromatic nitrogens is 2. The Morgan fingerprint density at radius 1 is 0.769 bits per heavy atom. The molecule has 0 aromatic carbocycles. The van der Waals surface area contributed by atoms with E-state index in [0.29, 0.717) is 11.1 Å². The molecule has 0 saturated carbocycles. The zero-order chi connectivity index (χ0) is 19.5. The van der Waals surface area contributed by atoms with E-state index in [-0.39, 0.29) is 0 Å². The average Bonchev–Trinajstić information content (AvgIpc) is 2.58. The van der Waals surface area contributed by atoms with Crippen molar-refractivity contribution in [1.29, 1.82) is 0 Å². The van der Waals surface area contributed by atoms with Crippen molar-refractivity contribution in [1.82, 2.24) is 9.97 Å². The van der Waals surface area contributed by atoms with Gasteiger partial charge in [0.05, 0.1) is 0 Å². The Bertz CT molecular complexity index is 669. The fraction of sp³-hybridized carbons (Fsp3) is 0.167. The topological polar surface area (TPSA) is 191 Å². The van der Waals surface area contributed by atoms with Gasteiger partial charge >= 0.3 is 5.09 Å². The molecular weight excluding hydrogens is 358 g/mol. The maximum atomic E-state index is 10.7. The van der Waals surface area contributed by atoms with E-state index >= 15 is 0 Å². The maximum Gasteiger partial charge on any atom is 0.472 e. The van der Waals surface area contributed by atoms with Crippen LogP contribution in [0, 0.1) is 25.1 Å². The molecule has 0 amide bonds. The molecule has 2 N–H and O–H groups in total. The standard InChI is InChI=1S/C12H10N4O6.H2NO3/c17-15(18)21-11(9-1-5-13-6-2-9)12(22-16(19)20)10-3-7-14-8-4-10;2-1(3)4/h1-8,11-12H;(H2,2,3,4)/q;+1. The van der Waals surface area contributed by atoms with Gasteiger partial charge in [-0.25, -0.2) is 10.4 Å². The minimum Gasteiger partial charge on any atom is -0.303 e. The van der Waals surface area contributed by atoms with E-state index in [0.717, 1.165) is 0 Å². The van der Waals surface area contributed by atoms with Gasteiger partial charge in [0.15, 0.2) is 12.2 Å². The normalized spacial score (nSPS) is 11.8. The van der Waals surface area contributed by atoms with Crippen LogP contribution < -0.4 is 0 Å². The molecule has 2 heterocycles. The summed E-state index contributed by atoms with van der Waals surface area (Å²) in [5.74, 6) is 0. The molecule has 2 rings (SSSR count). The van der Waals surface area contributed by atoms with Gasteiger partial charge in [0.1, 0.15) is 4.91 Å². The summed E-state index contributed by atoms with van der Waals surface area (Å²) in [5.41, 5.74) is 0.630. The third kappa shape index (κ3) is 6.99. The molecule has 2 aromatic rings. The van der Waals surface area contributed by atoms with E-state index in [1.54, 1.807) is 0 Å². The lowest BCUT2D eigenvalue weighted by Gasteiger charge is -2.24. The van der Waals surface area contributed by atoms with Crippen molar-refractivity contribution in [2.75, 3.05) is 0 Å². The number of hydrogen-bond donors (Lipinski definition) is 2. The van der Waals surface area contributed by atoms with Gasteiger partial charge in [-0.05, 0) is 35.4 Å². The van der Waals surface area contributed by atoms with Crippen LogP contribution in [0.25, 0.3) is 0 Å². The first-order chi connectivity index (χ1) is 12.3. The third-order valence-electron chi connectivity index (χ3n) is 2.74. The van der Waals surface area contributed by atoms with Gasteiger partial charge in [0.2, 0.25) is 0 Å². The Kier molecular flexibility index (Phi) is 7.60. The summed E-state index contributed by atoms with van der Waals surface area (Å²) < 4.78 is 0. The van der Waals surface area contributed by atoms with Crippen molar-refractivity contribution in [3.63, 3.8) is 0 Å². The monoisotopic (exact) mass is 370 g/mol. The van der Waals surface area contributed by atoms with E-state index in [4.69, 9.17) is 15.3 Å². The van der Waals surface area contributed by atoms with E-state index < -0.39 is 27.5 Å². The fourth-order valence-corrected chi connectivity index (χ4v) is 1.87. The summed E-state index contributed by atoms with van der Waals surface area (Å²) in [6.45, 7) is 0.